The molecule has 1 aliphatic rings. The summed E-state index contributed by atoms with van der Waals surface area (Å²) >= 11 is 0. The van der Waals surface area contributed by atoms with Gasteiger partial charge in [-0.25, -0.2) is 0 Å². The number of nitro groups is 1. The van der Waals surface area contributed by atoms with Gasteiger partial charge in [0.2, 0.25) is 0 Å². The predicted octanol–water partition coefficient (Wildman–Crippen LogP) is 3.68. The molecule has 0 aliphatic heterocycles. The van der Waals surface area contributed by atoms with Crippen molar-refractivity contribution in [2.24, 2.45) is 11.8 Å². The van der Waals surface area contributed by atoms with Crippen LogP contribution in [0.1, 0.15) is 32.3 Å². The molecule has 0 aromatic heterocycles. The summed E-state index contributed by atoms with van der Waals surface area (Å²) in [5.41, 5.74) is 2.42. The van der Waals surface area contributed by atoms with Gasteiger partial charge in [0.1, 0.15) is 0 Å². The van der Waals surface area contributed by atoms with Crippen molar-refractivity contribution in [3.05, 3.63) is 51.6 Å². The number of nitrogens with zero attached hydrogens (tertiary/aromatic N) is 1. The Hall–Kier alpha value is -1.68. The highest BCUT2D eigenvalue weighted by Gasteiger charge is 2.18. The average Bonchev–Trinajstić information content (AvgIpc) is 2.38. The zero-order chi connectivity index (χ0) is 14.5. The van der Waals surface area contributed by atoms with Gasteiger partial charge in [-0.1, -0.05) is 36.8 Å². The largest absolute Gasteiger partial charge is 0.312 e. The molecule has 2 atom stereocenters. The maximum absolute atomic E-state index is 10.9. The van der Waals surface area contributed by atoms with Crippen LogP contribution < -0.4 is 5.32 Å². The molecular formula is C16H22N2O2. The lowest BCUT2D eigenvalue weighted by Crippen LogP contribution is -2.26. The van der Waals surface area contributed by atoms with E-state index in [4.69, 9.17) is 0 Å². The summed E-state index contributed by atoms with van der Waals surface area (Å²) in [5, 5.41) is 14.3. The van der Waals surface area contributed by atoms with Gasteiger partial charge >= 0.3 is 0 Å². The molecule has 0 saturated heterocycles. The zero-order valence-electron chi connectivity index (χ0n) is 12.1. The standard InChI is InChI=1S/C16H22N2O2/c1-12-7-13(2)9-14(8-12)10-17-11-15-5-3-4-6-16(15)18(19)20/h3-7,12,14,17H,8-11H2,1-2H3. The smallest absolute Gasteiger partial charge is 0.273 e. The Morgan fingerprint density at radius 1 is 1.40 bits per heavy atom. The Morgan fingerprint density at radius 2 is 2.15 bits per heavy atom. The van der Waals surface area contributed by atoms with Crippen LogP contribution in [0.4, 0.5) is 5.69 Å². The number of benzene rings is 1. The molecular weight excluding hydrogens is 252 g/mol. The van der Waals surface area contributed by atoms with Crippen molar-refractivity contribution in [3.8, 4) is 0 Å². The lowest BCUT2D eigenvalue weighted by atomic mass is 9.84. The number of hydrogen-bond donors (Lipinski definition) is 1. The highest BCUT2D eigenvalue weighted by molar-refractivity contribution is 5.39. The van der Waals surface area contributed by atoms with E-state index >= 15 is 0 Å². The van der Waals surface area contributed by atoms with Gasteiger partial charge < -0.3 is 5.32 Å². The van der Waals surface area contributed by atoms with Gasteiger partial charge in [-0.3, -0.25) is 10.1 Å². The third-order valence-corrected chi connectivity index (χ3v) is 3.82. The molecule has 0 spiro atoms. The molecule has 20 heavy (non-hydrogen) atoms. The van der Waals surface area contributed by atoms with Crippen LogP contribution in [0.15, 0.2) is 35.9 Å². The number of nitrogens with one attached hydrogen (secondary N) is 1. The predicted molar refractivity (Wildman–Crippen MR) is 80.4 cm³/mol. The summed E-state index contributed by atoms with van der Waals surface area (Å²) in [7, 11) is 0. The molecule has 1 aliphatic carbocycles. The number of hydrogen-bond acceptors (Lipinski definition) is 3. The van der Waals surface area contributed by atoms with E-state index in [0.29, 0.717) is 18.4 Å². The number of rotatable bonds is 5. The molecule has 2 rings (SSSR count). The maximum Gasteiger partial charge on any atom is 0.273 e. The fourth-order valence-corrected chi connectivity index (χ4v) is 3.09. The van der Waals surface area contributed by atoms with Gasteiger partial charge in [-0.2, -0.15) is 0 Å². The zero-order valence-corrected chi connectivity index (χ0v) is 12.1. The number of para-hydroxylation sites is 1. The summed E-state index contributed by atoms with van der Waals surface area (Å²) in [6, 6.07) is 6.94. The van der Waals surface area contributed by atoms with Crippen LogP contribution in [-0.4, -0.2) is 11.5 Å². The quantitative estimate of drug-likeness (QED) is 0.506. The van der Waals surface area contributed by atoms with Gasteiger partial charge in [0.15, 0.2) is 0 Å². The van der Waals surface area contributed by atoms with Crippen LogP contribution in [0.3, 0.4) is 0 Å². The highest BCUT2D eigenvalue weighted by Crippen LogP contribution is 2.27. The van der Waals surface area contributed by atoms with Gasteiger partial charge in [-0.15, -0.1) is 0 Å². The first-order chi connectivity index (χ1) is 9.56. The van der Waals surface area contributed by atoms with Gasteiger partial charge in [0, 0.05) is 18.2 Å². The Balaban J connectivity index is 1.88. The molecule has 108 valence electrons. The monoisotopic (exact) mass is 274 g/mol. The fourth-order valence-electron chi connectivity index (χ4n) is 3.09. The van der Waals surface area contributed by atoms with E-state index in [2.05, 4.69) is 25.2 Å². The number of allylic oxidation sites excluding steroid dienone is 2. The molecule has 1 aromatic rings. The van der Waals surface area contributed by atoms with Crippen LogP contribution in [0.2, 0.25) is 0 Å². The average molecular weight is 274 g/mol. The second kappa shape index (κ2) is 6.66. The highest BCUT2D eigenvalue weighted by atomic mass is 16.6. The van der Waals surface area contributed by atoms with E-state index in [0.717, 1.165) is 18.5 Å². The Kier molecular flexibility index (Phi) is 4.90. The Labute approximate surface area is 120 Å². The van der Waals surface area contributed by atoms with E-state index < -0.39 is 0 Å². The molecule has 0 heterocycles. The van der Waals surface area contributed by atoms with E-state index in [1.165, 1.54) is 12.0 Å². The lowest BCUT2D eigenvalue weighted by molar-refractivity contribution is -0.385. The van der Waals surface area contributed by atoms with Gasteiger partial charge in [0.25, 0.3) is 5.69 Å². The molecule has 0 bridgehead atoms. The second-order valence-corrected chi connectivity index (χ2v) is 5.81. The Bertz CT molecular complexity index is 511. The molecule has 1 aromatic carbocycles. The normalized spacial score (nSPS) is 22.4. The topological polar surface area (TPSA) is 55.2 Å². The molecule has 1 N–H and O–H groups in total. The molecule has 2 unspecified atom stereocenters. The van der Waals surface area contributed by atoms with E-state index in [1.807, 2.05) is 12.1 Å². The van der Waals surface area contributed by atoms with E-state index in [9.17, 15) is 10.1 Å². The van der Waals surface area contributed by atoms with Crippen molar-refractivity contribution in [1.82, 2.24) is 5.32 Å². The van der Waals surface area contributed by atoms with Crippen LogP contribution >= 0.6 is 0 Å². The summed E-state index contributed by atoms with van der Waals surface area (Å²) in [4.78, 5) is 10.6. The van der Waals surface area contributed by atoms with Crippen LogP contribution in [-0.2, 0) is 6.54 Å². The van der Waals surface area contributed by atoms with Crippen molar-refractivity contribution < 1.29 is 4.92 Å². The molecule has 0 radical (unpaired) electrons. The van der Waals surface area contributed by atoms with Gasteiger partial charge in [0.05, 0.1) is 4.92 Å². The fraction of sp³-hybridized carbons (Fsp3) is 0.500. The minimum atomic E-state index is -0.313. The minimum absolute atomic E-state index is 0.202. The van der Waals surface area contributed by atoms with Crippen LogP contribution in [0.25, 0.3) is 0 Å². The Morgan fingerprint density at radius 3 is 2.85 bits per heavy atom. The molecule has 0 amide bonds. The summed E-state index contributed by atoms with van der Waals surface area (Å²) in [6.07, 6.45) is 4.67. The minimum Gasteiger partial charge on any atom is -0.312 e. The van der Waals surface area contributed by atoms with Crippen LogP contribution in [0.5, 0.6) is 0 Å². The SMILES string of the molecule is CC1=CC(C)CC(CNCc2ccccc2[N+](=O)[O-])C1. The first-order valence-corrected chi connectivity index (χ1v) is 7.16. The van der Waals surface area contributed by atoms with E-state index in [-0.39, 0.29) is 10.6 Å². The van der Waals surface area contributed by atoms with Crippen molar-refractivity contribution in [3.63, 3.8) is 0 Å². The third-order valence-electron chi connectivity index (χ3n) is 3.82. The van der Waals surface area contributed by atoms with Crippen LogP contribution in [0, 0.1) is 22.0 Å². The first kappa shape index (κ1) is 14.7. The molecule has 4 heteroatoms. The van der Waals surface area contributed by atoms with Gasteiger partial charge in [-0.05, 0) is 38.1 Å². The molecule has 0 saturated carbocycles. The molecule has 4 nitrogen and oxygen atoms in total. The first-order valence-electron chi connectivity index (χ1n) is 7.16. The summed E-state index contributed by atoms with van der Waals surface area (Å²) in [5.74, 6) is 1.28. The van der Waals surface area contributed by atoms with Crippen molar-refractivity contribution in [1.29, 1.82) is 0 Å². The molecule has 0 fully saturated rings. The second-order valence-electron chi connectivity index (χ2n) is 5.81. The summed E-state index contributed by atoms with van der Waals surface area (Å²) < 4.78 is 0. The van der Waals surface area contributed by atoms with Crippen molar-refractivity contribution >= 4 is 5.69 Å². The van der Waals surface area contributed by atoms with Crippen molar-refractivity contribution in [2.75, 3.05) is 6.54 Å². The lowest BCUT2D eigenvalue weighted by Gasteiger charge is -2.25. The van der Waals surface area contributed by atoms with Crippen molar-refractivity contribution in [2.45, 2.75) is 33.2 Å². The third kappa shape index (κ3) is 3.90. The maximum atomic E-state index is 10.9. The summed E-state index contributed by atoms with van der Waals surface area (Å²) in [6.45, 7) is 5.91. The van der Waals surface area contributed by atoms with E-state index in [1.54, 1.807) is 12.1 Å². The number of nitro benzene ring substituents is 1.